The first-order valence-corrected chi connectivity index (χ1v) is 8.15. The fraction of sp³-hybridized carbons (Fsp3) is 0.133. The van der Waals surface area contributed by atoms with E-state index in [0.717, 1.165) is 8.04 Å². The number of anilines is 1. The van der Waals surface area contributed by atoms with Crippen molar-refractivity contribution in [3.63, 3.8) is 0 Å². The van der Waals surface area contributed by atoms with E-state index in [9.17, 15) is 4.79 Å². The van der Waals surface area contributed by atoms with Crippen LogP contribution in [0.3, 0.4) is 0 Å². The van der Waals surface area contributed by atoms with Gasteiger partial charge in [-0.25, -0.2) is 0 Å². The summed E-state index contributed by atoms with van der Waals surface area (Å²) in [6, 6.07) is 12.8. The van der Waals surface area contributed by atoms with Crippen LogP contribution in [0.15, 0.2) is 46.9 Å². The summed E-state index contributed by atoms with van der Waals surface area (Å²) in [4.78, 5) is 12.1. The van der Waals surface area contributed by atoms with E-state index in [2.05, 4.69) is 43.8 Å². The van der Waals surface area contributed by atoms with Gasteiger partial charge in [0.05, 0.1) is 12.1 Å². The number of rotatable bonds is 5. The average molecular weight is 461 g/mol. The first-order valence-electron chi connectivity index (χ1n) is 6.28. The van der Waals surface area contributed by atoms with E-state index in [-0.39, 0.29) is 5.91 Å². The normalized spacial score (nSPS) is 10.2. The number of nitrogen functional groups attached to an aromatic ring is 1. The van der Waals surface area contributed by atoms with Gasteiger partial charge < -0.3 is 15.8 Å². The molecule has 2 aromatic carbocycles. The molecule has 4 nitrogen and oxygen atoms in total. The number of carbonyl (C=O) groups excluding carboxylic acids is 1. The van der Waals surface area contributed by atoms with Crippen LogP contribution in [0.4, 0.5) is 5.69 Å². The monoisotopic (exact) mass is 460 g/mol. The Morgan fingerprint density at radius 1 is 1.29 bits per heavy atom. The third kappa shape index (κ3) is 4.89. The first-order chi connectivity index (χ1) is 10.1. The van der Waals surface area contributed by atoms with Gasteiger partial charge in [0.15, 0.2) is 0 Å². The number of nitrogens with two attached hydrogens (primary N) is 1. The highest BCUT2D eigenvalue weighted by Crippen LogP contribution is 2.19. The number of nitrogens with one attached hydrogen (secondary N) is 1. The van der Waals surface area contributed by atoms with Crippen molar-refractivity contribution in [2.24, 2.45) is 0 Å². The zero-order chi connectivity index (χ0) is 15.2. The lowest BCUT2D eigenvalue weighted by atomic mass is 10.2. The maximum Gasteiger partial charge on any atom is 0.252 e. The molecule has 1 amide bonds. The van der Waals surface area contributed by atoms with Gasteiger partial charge in [0, 0.05) is 19.8 Å². The smallest absolute Gasteiger partial charge is 0.252 e. The van der Waals surface area contributed by atoms with Crippen LogP contribution >= 0.6 is 38.5 Å². The van der Waals surface area contributed by atoms with E-state index in [0.29, 0.717) is 30.2 Å². The van der Waals surface area contributed by atoms with Crippen molar-refractivity contribution < 1.29 is 9.53 Å². The quantitative estimate of drug-likeness (QED) is 0.408. The van der Waals surface area contributed by atoms with Crippen molar-refractivity contribution in [1.82, 2.24) is 5.32 Å². The molecule has 3 N–H and O–H groups in total. The van der Waals surface area contributed by atoms with Crippen molar-refractivity contribution in [3.8, 4) is 5.75 Å². The molecule has 0 spiro atoms. The van der Waals surface area contributed by atoms with Crippen molar-refractivity contribution >= 4 is 50.1 Å². The van der Waals surface area contributed by atoms with Gasteiger partial charge in [-0.1, -0.05) is 6.07 Å². The van der Waals surface area contributed by atoms with Crippen LogP contribution in [-0.2, 0) is 0 Å². The Labute approximate surface area is 145 Å². The summed E-state index contributed by atoms with van der Waals surface area (Å²) in [6.07, 6.45) is 0. The van der Waals surface area contributed by atoms with Crippen molar-refractivity contribution in [3.05, 3.63) is 56.1 Å². The highest BCUT2D eigenvalue weighted by molar-refractivity contribution is 14.1. The van der Waals surface area contributed by atoms with Gasteiger partial charge in [-0.05, 0) is 68.9 Å². The topological polar surface area (TPSA) is 64.3 Å². The summed E-state index contributed by atoms with van der Waals surface area (Å²) < 4.78 is 7.31. The second kappa shape index (κ2) is 7.65. The number of hydrogen-bond acceptors (Lipinski definition) is 3. The zero-order valence-corrected chi connectivity index (χ0v) is 14.8. The van der Waals surface area contributed by atoms with Gasteiger partial charge in [-0.3, -0.25) is 4.79 Å². The predicted molar refractivity (Wildman–Crippen MR) is 95.5 cm³/mol. The SMILES string of the molecule is Nc1cccc(OCCNC(=O)c2cc(I)ccc2Br)c1. The minimum absolute atomic E-state index is 0.128. The molecule has 0 atom stereocenters. The molecule has 0 aliphatic rings. The lowest BCUT2D eigenvalue weighted by Gasteiger charge is -2.09. The molecular formula is C15H14BrIN2O2. The van der Waals surface area contributed by atoms with E-state index in [1.807, 2.05) is 30.3 Å². The molecule has 0 heterocycles. The maximum atomic E-state index is 12.1. The fourth-order valence-electron chi connectivity index (χ4n) is 1.70. The van der Waals surface area contributed by atoms with Crippen molar-refractivity contribution in [1.29, 1.82) is 0 Å². The largest absolute Gasteiger partial charge is 0.492 e. The third-order valence-corrected chi connectivity index (χ3v) is 4.05. The Morgan fingerprint density at radius 2 is 2.10 bits per heavy atom. The number of carbonyl (C=O) groups is 1. The minimum Gasteiger partial charge on any atom is -0.492 e. The van der Waals surface area contributed by atoms with Gasteiger partial charge in [0.1, 0.15) is 12.4 Å². The molecule has 0 radical (unpaired) electrons. The first kappa shape index (κ1) is 16.1. The van der Waals surface area contributed by atoms with Crippen LogP contribution in [0, 0.1) is 3.57 Å². The summed E-state index contributed by atoms with van der Waals surface area (Å²) in [5.41, 5.74) is 6.93. The number of ether oxygens (including phenoxy) is 1. The van der Waals surface area contributed by atoms with Crippen LogP contribution in [0.25, 0.3) is 0 Å². The van der Waals surface area contributed by atoms with Gasteiger partial charge in [-0.2, -0.15) is 0 Å². The van der Waals surface area contributed by atoms with E-state index >= 15 is 0 Å². The average Bonchev–Trinajstić information content (AvgIpc) is 2.46. The number of amides is 1. The van der Waals surface area contributed by atoms with Crippen molar-refractivity contribution in [2.45, 2.75) is 0 Å². The number of hydrogen-bond donors (Lipinski definition) is 2. The van der Waals surface area contributed by atoms with Gasteiger partial charge in [-0.15, -0.1) is 0 Å². The number of halogens is 2. The second-order valence-electron chi connectivity index (χ2n) is 4.30. The lowest BCUT2D eigenvalue weighted by Crippen LogP contribution is -2.28. The summed E-state index contributed by atoms with van der Waals surface area (Å²) in [5, 5.41) is 2.82. The Bertz CT molecular complexity index is 649. The molecule has 2 aromatic rings. The van der Waals surface area contributed by atoms with Crippen LogP contribution in [0.1, 0.15) is 10.4 Å². The van der Waals surface area contributed by atoms with Crippen LogP contribution in [0.5, 0.6) is 5.75 Å². The van der Waals surface area contributed by atoms with Crippen molar-refractivity contribution in [2.75, 3.05) is 18.9 Å². The lowest BCUT2D eigenvalue weighted by molar-refractivity contribution is 0.0946. The molecule has 0 aromatic heterocycles. The second-order valence-corrected chi connectivity index (χ2v) is 6.40. The minimum atomic E-state index is -0.128. The van der Waals surface area contributed by atoms with Crippen LogP contribution < -0.4 is 15.8 Å². The third-order valence-electron chi connectivity index (χ3n) is 2.69. The summed E-state index contributed by atoms with van der Waals surface area (Å²) in [5.74, 6) is 0.566. The molecule has 0 aliphatic heterocycles. The van der Waals surface area contributed by atoms with Gasteiger partial charge in [0.2, 0.25) is 0 Å². The highest BCUT2D eigenvalue weighted by Gasteiger charge is 2.09. The molecule has 0 saturated heterocycles. The highest BCUT2D eigenvalue weighted by atomic mass is 127. The summed E-state index contributed by atoms with van der Waals surface area (Å²) >= 11 is 5.55. The molecule has 0 saturated carbocycles. The molecule has 21 heavy (non-hydrogen) atoms. The molecule has 2 rings (SSSR count). The molecule has 0 fully saturated rings. The van der Waals surface area contributed by atoms with Gasteiger partial charge in [0.25, 0.3) is 5.91 Å². The fourth-order valence-corrected chi connectivity index (χ4v) is 2.62. The summed E-state index contributed by atoms with van der Waals surface area (Å²) in [6.45, 7) is 0.808. The van der Waals surface area contributed by atoms with E-state index < -0.39 is 0 Å². The Morgan fingerprint density at radius 3 is 2.86 bits per heavy atom. The molecule has 0 aliphatic carbocycles. The zero-order valence-electron chi connectivity index (χ0n) is 11.1. The van der Waals surface area contributed by atoms with E-state index in [4.69, 9.17) is 10.5 Å². The standard InChI is InChI=1S/C15H14BrIN2O2/c16-14-5-4-10(17)8-13(14)15(20)19-6-7-21-12-3-1-2-11(18)9-12/h1-5,8-9H,6-7,18H2,(H,19,20). The van der Waals surface area contributed by atoms with E-state index in [1.165, 1.54) is 0 Å². The molecule has 0 bridgehead atoms. The number of benzene rings is 2. The Balaban J connectivity index is 1.83. The van der Waals surface area contributed by atoms with E-state index in [1.54, 1.807) is 12.1 Å². The molecular weight excluding hydrogens is 447 g/mol. The Hall–Kier alpha value is -1.28. The molecule has 6 heteroatoms. The predicted octanol–water partition coefficient (Wildman–Crippen LogP) is 3.44. The van der Waals surface area contributed by atoms with Crippen LogP contribution in [-0.4, -0.2) is 19.1 Å². The summed E-state index contributed by atoms with van der Waals surface area (Å²) in [7, 11) is 0. The molecule has 110 valence electrons. The maximum absolute atomic E-state index is 12.1. The molecule has 0 unspecified atom stereocenters. The van der Waals surface area contributed by atoms with Crippen LogP contribution in [0.2, 0.25) is 0 Å². The van der Waals surface area contributed by atoms with Gasteiger partial charge >= 0.3 is 0 Å². The Kier molecular flexibility index (Phi) is 5.86.